The summed E-state index contributed by atoms with van der Waals surface area (Å²) in [4.78, 5) is 25.1. The first kappa shape index (κ1) is 17.7. The molecule has 1 fully saturated rings. The predicted molar refractivity (Wildman–Crippen MR) is 91.9 cm³/mol. The molecule has 0 bridgehead atoms. The number of aliphatic hydroxyl groups excluding tert-OH is 1. The van der Waals surface area contributed by atoms with E-state index in [-0.39, 0.29) is 5.91 Å². The number of H-pyrrole nitrogens is 1. The topological polar surface area (TPSA) is 88.8 Å². The van der Waals surface area contributed by atoms with Gasteiger partial charge in [-0.2, -0.15) is 0 Å². The first-order chi connectivity index (χ1) is 12.0. The molecule has 3 rings (SSSR count). The highest BCUT2D eigenvalue weighted by molar-refractivity contribution is 5.91. The number of hydrogen-bond donors (Lipinski definition) is 2. The number of nitrogens with zero attached hydrogens (tertiary/aromatic N) is 4. The van der Waals surface area contributed by atoms with Gasteiger partial charge in [0.25, 0.3) is 5.91 Å². The number of nitrogens with one attached hydrogen (secondary N) is 1. The summed E-state index contributed by atoms with van der Waals surface area (Å²) in [5.74, 6) is 1.83. The normalized spacial score (nSPS) is 19.7. The Morgan fingerprint density at radius 2 is 2.04 bits per heavy atom. The minimum absolute atomic E-state index is 0.147. The standard InChI is InChI=1S/C17H25N5O3/c1-20(2)17(24)15-4-3-14(25-15)11-21-7-8-22(10-13(23)9-21)12-16-18-5-6-19-16/h3-6,13,23H,7-12H2,1-2H3,(H,18,19). The maximum atomic E-state index is 11.9. The summed E-state index contributed by atoms with van der Waals surface area (Å²) < 4.78 is 5.65. The number of β-amino-alcohol motifs (C(OH)–C–C–N with tert-alkyl or cyclic N) is 1. The van der Waals surface area contributed by atoms with Gasteiger partial charge in [-0.3, -0.25) is 14.6 Å². The number of hydrogen-bond acceptors (Lipinski definition) is 6. The fourth-order valence-electron chi connectivity index (χ4n) is 3.02. The van der Waals surface area contributed by atoms with Crippen LogP contribution in [0.5, 0.6) is 0 Å². The SMILES string of the molecule is CN(C)C(=O)c1ccc(CN2CCN(Cc3ncc[nH]3)CC(O)C2)o1. The molecule has 1 unspecified atom stereocenters. The molecule has 0 saturated carbocycles. The van der Waals surface area contributed by atoms with Crippen LogP contribution in [0, 0.1) is 0 Å². The van der Waals surface area contributed by atoms with Crippen LogP contribution in [-0.2, 0) is 13.1 Å². The summed E-state index contributed by atoms with van der Waals surface area (Å²) in [6, 6.07) is 3.53. The first-order valence-electron chi connectivity index (χ1n) is 8.42. The Balaban J connectivity index is 1.57. The van der Waals surface area contributed by atoms with E-state index in [0.29, 0.717) is 31.9 Å². The van der Waals surface area contributed by atoms with Crippen LogP contribution in [0.2, 0.25) is 0 Å². The molecule has 2 aromatic rings. The second-order valence-corrected chi connectivity index (χ2v) is 6.63. The third-order valence-electron chi connectivity index (χ3n) is 4.26. The Kier molecular flexibility index (Phi) is 5.52. The molecule has 1 aliphatic heterocycles. The van der Waals surface area contributed by atoms with Gasteiger partial charge < -0.3 is 19.4 Å². The second kappa shape index (κ2) is 7.81. The van der Waals surface area contributed by atoms with Crippen LogP contribution in [0.25, 0.3) is 0 Å². The van der Waals surface area contributed by atoms with Crippen LogP contribution in [0.3, 0.4) is 0 Å². The predicted octanol–water partition coefficient (Wildman–Crippen LogP) is 0.383. The highest BCUT2D eigenvalue weighted by atomic mass is 16.4. The van der Waals surface area contributed by atoms with Crippen molar-refractivity contribution >= 4 is 5.91 Å². The van der Waals surface area contributed by atoms with Crippen molar-refractivity contribution in [3.05, 3.63) is 41.9 Å². The highest BCUT2D eigenvalue weighted by Crippen LogP contribution is 2.14. The lowest BCUT2D eigenvalue weighted by molar-refractivity contribution is 0.0789. The van der Waals surface area contributed by atoms with Gasteiger partial charge in [-0.15, -0.1) is 0 Å². The fourth-order valence-corrected chi connectivity index (χ4v) is 3.02. The van der Waals surface area contributed by atoms with Crippen molar-refractivity contribution in [2.75, 3.05) is 40.3 Å². The van der Waals surface area contributed by atoms with E-state index in [1.54, 1.807) is 32.6 Å². The average Bonchev–Trinajstić information content (AvgIpc) is 3.19. The average molecular weight is 347 g/mol. The summed E-state index contributed by atoms with van der Waals surface area (Å²) in [7, 11) is 3.40. The van der Waals surface area contributed by atoms with Crippen LogP contribution < -0.4 is 0 Å². The monoisotopic (exact) mass is 347 g/mol. The second-order valence-electron chi connectivity index (χ2n) is 6.63. The van der Waals surface area contributed by atoms with Gasteiger partial charge in [0.2, 0.25) is 0 Å². The molecule has 136 valence electrons. The Morgan fingerprint density at radius 3 is 2.68 bits per heavy atom. The number of carbonyl (C=O) groups is 1. The van der Waals surface area contributed by atoms with Gasteiger partial charge in [0.05, 0.1) is 19.2 Å². The van der Waals surface area contributed by atoms with Crippen LogP contribution in [0.4, 0.5) is 0 Å². The van der Waals surface area contributed by atoms with Crippen molar-refractivity contribution in [1.82, 2.24) is 24.7 Å². The van der Waals surface area contributed by atoms with Crippen molar-refractivity contribution in [2.24, 2.45) is 0 Å². The number of aromatic amines is 1. The molecular formula is C17H25N5O3. The molecule has 0 spiro atoms. The molecule has 2 aromatic heterocycles. The number of carbonyl (C=O) groups excluding carboxylic acids is 1. The fraction of sp³-hybridized carbons (Fsp3) is 0.529. The van der Waals surface area contributed by atoms with Crippen LogP contribution >= 0.6 is 0 Å². The number of furan rings is 1. The number of aromatic nitrogens is 2. The van der Waals surface area contributed by atoms with E-state index in [2.05, 4.69) is 19.8 Å². The van der Waals surface area contributed by atoms with Crippen LogP contribution in [0.15, 0.2) is 28.9 Å². The Hall–Kier alpha value is -2.16. The van der Waals surface area contributed by atoms with E-state index in [9.17, 15) is 9.90 Å². The van der Waals surface area contributed by atoms with Crippen molar-refractivity contribution in [1.29, 1.82) is 0 Å². The molecule has 1 amide bonds. The summed E-state index contributed by atoms with van der Waals surface area (Å²) >= 11 is 0. The molecule has 8 heteroatoms. The summed E-state index contributed by atoms with van der Waals surface area (Å²) in [6.07, 6.45) is 3.11. The Bertz CT molecular complexity index is 682. The molecule has 0 aliphatic carbocycles. The third kappa shape index (κ3) is 4.68. The number of rotatable bonds is 5. The minimum Gasteiger partial charge on any atom is -0.455 e. The number of amides is 1. The van der Waals surface area contributed by atoms with Gasteiger partial charge in [0.1, 0.15) is 11.6 Å². The van der Waals surface area contributed by atoms with Crippen molar-refractivity contribution in [3.63, 3.8) is 0 Å². The molecule has 0 radical (unpaired) electrons. The van der Waals surface area contributed by atoms with Gasteiger partial charge in [-0.25, -0.2) is 4.98 Å². The van der Waals surface area contributed by atoms with Gasteiger partial charge in [0.15, 0.2) is 5.76 Å². The van der Waals surface area contributed by atoms with E-state index < -0.39 is 6.10 Å². The van der Waals surface area contributed by atoms with E-state index >= 15 is 0 Å². The first-order valence-corrected chi connectivity index (χ1v) is 8.42. The maximum absolute atomic E-state index is 11.9. The molecule has 2 N–H and O–H groups in total. The van der Waals surface area contributed by atoms with Gasteiger partial charge in [0, 0.05) is 52.7 Å². The zero-order valence-electron chi connectivity index (χ0n) is 14.7. The quantitative estimate of drug-likeness (QED) is 0.813. The van der Waals surface area contributed by atoms with Crippen LogP contribution in [-0.4, -0.2) is 82.1 Å². The molecule has 1 aliphatic rings. The smallest absolute Gasteiger partial charge is 0.289 e. The van der Waals surface area contributed by atoms with E-state index in [4.69, 9.17) is 4.42 Å². The minimum atomic E-state index is -0.435. The van der Waals surface area contributed by atoms with Crippen molar-refractivity contribution in [2.45, 2.75) is 19.2 Å². The summed E-state index contributed by atoms with van der Waals surface area (Å²) in [6.45, 7) is 4.11. The van der Waals surface area contributed by atoms with Gasteiger partial charge in [-0.1, -0.05) is 0 Å². The number of aliphatic hydroxyl groups is 1. The number of imidazole rings is 1. The molecule has 25 heavy (non-hydrogen) atoms. The Labute approximate surface area is 147 Å². The zero-order chi connectivity index (χ0) is 17.8. The lowest BCUT2D eigenvalue weighted by atomic mass is 10.3. The Morgan fingerprint density at radius 1 is 1.32 bits per heavy atom. The van der Waals surface area contributed by atoms with Crippen molar-refractivity contribution in [3.8, 4) is 0 Å². The molecule has 0 aromatic carbocycles. The largest absolute Gasteiger partial charge is 0.455 e. The summed E-state index contributed by atoms with van der Waals surface area (Å²) in [5.41, 5.74) is 0. The van der Waals surface area contributed by atoms with E-state index in [1.165, 1.54) is 4.90 Å². The lowest BCUT2D eigenvalue weighted by Gasteiger charge is -2.20. The maximum Gasteiger partial charge on any atom is 0.289 e. The molecule has 1 atom stereocenters. The molecule has 8 nitrogen and oxygen atoms in total. The zero-order valence-corrected chi connectivity index (χ0v) is 14.7. The molecular weight excluding hydrogens is 322 g/mol. The molecule has 1 saturated heterocycles. The van der Waals surface area contributed by atoms with E-state index in [1.807, 2.05) is 6.07 Å². The lowest BCUT2D eigenvalue weighted by Crippen LogP contribution is -2.33. The van der Waals surface area contributed by atoms with Crippen LogP contribution in [0.1, 0.15) is 22.1 Å². The third-order valence-corrected chi connectivity index (χ3v) is 4.26. The van der Waals surface area contributed by atoms with Gasteiger partial charge >= 0.3 is 0 Å². The van der Waals surface area contributed by atoms with E-state index in [0.717, 1.165) is 24.7 Å². The summed E-state index contributed by atoms with van der Waals surface area (Å²) in [5, 5.41) is 10.3. The van der Waals surface area contributed by atoms with Crippen molar-refractivity contribution < 1.29 is 14.3 Å². The molecule has 3 heterocycles. The highest BCUT2D eigenvalue weighted by Gasteiger charge is 2.23. The van der Waals surface area contributed by atoms with Gasteiger partial charge in [-0.05, 0) is 12.1 Å².